The highest BCUT2D eigenvalue weighted by atomic mass is 16.2. The van der Waals surface area contributed by atoms with E-state index < -0.39 is 18.0 Å². The van der Waals surface area contributed by atoms with Crippen LogP contribution in [0.1, 0.15) is 11.6 Å². The number of primary amides is 1. The molecule has 1 heterocycles. The molecule has 6 nitrogen and oxygen atoms in total. The lowest BCUT2D eigenvalue weighted by atomic mass is 10.1. The third-order valence-corrected chi connectivity index (χ3v) is 3.85. The summed E-state index contributed by atoms with van der Waals surface area (Å²) >= 11 is 0. The van der Waals surface area contributed by atoms with Gasteiger partial charge in [-0.25, -0.2) is 4.79 Å². The van der Waals surface area contributed by atoms with Gasteiger partial charge in [0.1, 0.15) is 6.04 Å². The van der Waals surface area contributed by atoms with Crippen molar-refractivity contribution in [1.29, 1.82) is 0 Å². The molecule has 1 unspecified atom stereocenters. The number of urea groups is 1. The summed E-state index contributed by atoms with van der Waals surface area (Å²) in [5.74, 6) is -0.626. The van der Waals surface area contributed by atoms with E-state index in [0.29, 0.717) is 11.3 Å². The maximum atomic E-state index is 12.2. The van der Waals surface area contributed by atoms with Gasteiger partial charge in [-0.3, -0.25) is 9.78 Å². The molecular weight excluding hydrogens is 328 g/mol. The Morgan fingerprint density at radius 2 is 1.46 bits per heavy atom. The van der Waals surface area contributed by atoms with Crippen LogP contribution in [0.25, 0.3) is 11.1 Å². The molecule has 26 heavy (non-hydrogen) atoms. The van der Waals surface area contributed by atoms with Crippen LogP contribution in [0.5, 0.6) is 0 Å². The van der Waals surface area contributed by atoms with Gasteiger partial charge in [-0.15, -0.1) is 0 Å². The summed E-state index contributed by atoms with van der Waals surface area (Å²) in [7, 11) is 0. The lowest BCUT2D eigenvalue weighted by Gasteiger charge is -2.16. The van der Waals surface area contributed by atoms with Crippen LogP contribution in [0, 0.1) is 0 Å². The standard InChI is InChI=1S/C20H18N4O2/c21-19(25)18(16-4-2-1-3-5-16)24-20(26)23-17-8-6-14(7-9-17)15-10-12-22-13-11-15/h1-13,18H,(H2,21,25)(H2,23,24,26). The quantitative estimate of drug-likeness (QED) is 0.662. The van der Waals surface area contributed by atoms with Crippen molar-refractivity contribution >= 4 is 17.6 Å². The molecule has 0 saturated carbocycles. The molecule has 0 radical (unpaired) electrons. The number of benzene rings is 2. The van der Waals surface area contributed by atoms with Crippen molar-refractivity contribution in [3.63, 3.8) is 0 Å². The molecule has 3 aromatic rings. The van der Waals surface area contributed by atoms with Crippen molar-refractivity contribution in [1.82, 2.24) is 10.3 Å². The molecule has 3 rings (SSSR count). The highest BCUT2D eigenvalue weighted by molar-refractivity contribution is 5.94. The van der Waals surface area contributed by atoms with Gasteiger partial charge in [-0.05, 0) is 41.0 Å². The first-order chi connectivity index (χ1) is 12.6. The molecule has 0 spiro atoms. The summed E-state index contributed by atoms with van der Waals surface area (Å²) in [6.45, 7) is 0. The van der Waals surface area contributed by atoms with E-state index in [0.717, 1.165) is 11.1 Å². The van der Waals surface area contributed by atoms with Gasteiger partial charge in [0.25, 0.3) is 0 Å². The second-order valence-corrected chi connectivity index (χ2v) is 5.66. The highest BCUT2D eigenvalue weighted by Gasteiger charge is 2.19. The van der Waals surface area contributed by atoms with Gasteiger partial charge < -0.3 is 16.4 Å². The van der Waals surface area contributed by atoms with Crippen LogP contribution < -0.4 is 16.4 Å². The van der Waals surface area contributed by atoms with E-state index in [4.69, 9.17) is 5.73 Å². The van der Waals surface area contributed by atoms with Gasteiger partial charge in [0.2, 0.25) is 5.91 Å². The molecule has 6 heteroatoms. The van der Waals surface area contributed by atoms with Gasteiger partial charge in [0.15, 0.2) is 0 Å². The van der Waals surface area contributed by atoms with E-state index >= 15 is 0 Å². The van der Waals surface area contributed by atoms with Crippen LogP contribution >= 0.6 is 0 Å². The molecule has 0 saturated heterocycles. The lowest BCUT2D eigenvalue weighted by Crippen LogP contribution is -2.39. The zero-order chi connectivity index (χ0) is 18.4. The summed E-state index contributed by atoms with van der Waals surface area (Å²) in [5, 5.41) is 5.30. The molecule has 1 aromatic heterocycles. The third kappa shape index (κ3) is 4.24. The minimum absolute atomic E-state index is 0.505. The topological polar surface area (TPSA) is 97.1 Å². The Bertz CT molecular complexity index is 881. The maximum absolute atomic E-state index is 12.2. The molecular formula is C20H18N4O2. The summed E-state index contributed by atoms with van der Waals surface area (Å²) < 4.78 is 0. The molecule has 3 amide bonds. The van der Waals surface area contributed by atoms with Crippen molar-refractivity contribution in [2.75, 3.05) is 5.32 Å². The summed E-state index contributed by atoms with van der Waals surface area (Å²) in [6.07, 6.45) is 3.45. The molecule has 0 bridgehead atoms. The van der Waals surface area contributed by atoms with Crippen molar-refractivity contribution in [2.45, 2.75) is 6.04 Å². The van der Waals surface area contributed by atoms with Crippen LogP contribution in [-0.2, 0) is 4.79 Å². The molecule has 2 aromatic carbocycles. The Hall–Kier alpha value is -3.67. The van der Waals surface area contributed by atoms with E-state index in [1.807, 2.05) is 30.3 Å². The van der Waals surface area contributed by atoms with Gasteiger partial charge >= 0.3 is 6.03 Å². The van der Waals surface area contributed by atoms with Crippen LogP contribution in [-0.4, -0.2) is 16.9 Å². The maximum Gasteiger partial charge on any atom is 0.320 e. The van der Waals surface area contributed by atoms with Gasteiger partial charge in [-0.1, -0.05) is 42.5 Å². The Labute approximate surface area is 151 Å². The number of carbonyl (C=O) groups is 2. The molecule has 0 aliphatic heterocycles. The number of nitrogens with zero attached hydrogens (tertiary/aromatic N) is 1. The predicted octanol–water partition coefficient (Wildman–Crippen LogP) is 3.10. The normalized spacial score (nSPS) is 11.4. The summed E-state index contributed by atoms with van der Waals surface area (Å²) in [5.41, 5.74) is 8.69. The van der Waals surface area contributed by atoms with Crippen molar-refractivity contribution in [3.05, 3.63) is 84.7 Å². The van der Waals surface area contributed by atoms with Crippen LogP contribution in [0.3, 0.4) is 0 Å². The minimum atomic E-state index is -0.896. The molecule has 4 N–H and O–H groups in total. The van der Waals surface area contributed by atoms with Gasteiger partial charge in [0.05, 0.1) is 0 Å². The Kier molecular flexibility index (Phi) is 5.24. The number of hydrogen-bond donors (Lipinski definition) is 3. The van der Waals surface area contributed by atoms with Crippen molar-refractivity contribution < 1.29 is 9.59 Å². The average molecular weight is 346 g/mol. The average Bonchev–Trinajstić information content (AvgIpc) is 2.68. The first kappa shape index (κ1) is 17.2. The number of anilines is 1. The zero-order valence-corrected chi connectivity index (χ0v) is 13.9. The molecule has 1 atom stereocenters. The van der Waals surface area contributed by atoms with E-state index in [1.54, 1.807) is 48.8 Å². The Morgan fingerprint density at radius 3 is 2.08 bits per heavy atom. The first-order valence-corrected chi connectivity index (χ1v) is 8.06. The zero-order valence-electron chi connectivity index (χ0n) is 13.9. The Balaban J connectivity index is 1.67. The Morgan fingerprint density at radius 1 is 0.846 bits per heavy atom. The number of hydrogen-bond acceptors (Lipinski definition) is 3. The third-order valence-electron chi connectivity index (χ3n) is 3.85. The molecule has 0 aliphatic carbocycles. The highest BCUT2D eigenvalue weighted by Crippen LogP contribution is 2.20. The largest absolute Gasteiger partial charge is 0.368 e. The van der Waals surface area contributed by atoms with Gasteiger partial charge in [-0.2, -0.15) is 0 Å². The van der Waals surface area contributed by atoms with Crippen LogP contribution in [0.4, 0.5) is 10.5 Å². The van der Waals surface area contributed by atoms with E-state index in [1.165, 1.54) is 0 Å². The molecule has 0 aliphatic rings. The fourth-order valence-corrected chi connectivity index (χ4v) is 2.55. The number of rotatable bonds is 5. The molecule has 0 fully saturated rings. The predicted molar refractivity (Wildman–Crippen MR) is 100 cm³/mol. The number of nitrogens with two attached hydrogens (primary N) is 1. The lowest BCUT2D eigenvalue weighted by molar-refractivity contribution is -0.119. The van der Waals surface area contributed by atoms with E-state index in [-0.39, 0.29) is 0 Å². The van der Waals surface area contributed by atoms with Crippen molar-refractivity contribution in [2.24, 2.45) is 5.73 Å². The smallest absolute Gasteiger partial charge is 0.320 e. The number of nitrogens with one attached hydrogen (secondary N) is 2. The van der Waals surface area contributed by atoms with Crippen LogP contribution in [0.2, 0.25) is 0 Å². The van der Waals surface area contributed by atoms with E-state index in [2.05, 4.69) is 15.6 Å². The minimum Gasteiger partial charge on any atom is -0.368 e. The second-order valence-electron chi connectivity index (χ2n) is 5.66. The first-order valence-electron chi connectivity index (χ1n) is 8.06. The second kappa shape index (κ2) is 7.94. The molecule has 130 valence electrons. The number of aromatic nitrogens is 1. The fourth-order valence-electron chi connectivity index (χ4n) is 2.55. The van der Waals surface area contributed by atoms with Gasteiger partial charge in [0, 0.05) is 18.1 Å². The SMILES string of the molecule is NC(=O)C(NC(=O)Nc1ccc(-c2ccncc2)cc1)c1ccccc1. The number of carbonyl (C=O) groups excluding carboxylic acids is 2. The summed E-state index contributed by atoms with van der Waals surface area (Å²) in [4.78, 5) is 27.9. The van der Waals surface area contributed by atoms with Crippen molar-refractivity contribution in [3.8, 4) is 11.1 Å². The number of pyridine rings is 1. The summed E-state index contributed by atoms with van der Waals surface area (Å²) in [6, 6.07) is 18.6. The van der Waals surface area contributed by atoms with Crippen LogP contribution in [0.15, 0.2) is 79.1 Å². The van der Waals surface area contributed by atoms with E-state index in [9.17, 15) is 9.59 Å². The number of amides is 3. The fraction of sp³-hybridized carbons (Fsp3) is 0.0500. The monoisotopic (exact) mass is 346 g/mol.